The predicted octanol–water partition coefficient (Wildman–Crippen LogP) is 4.90. The van der Waals surface area contributed by atoms with Gasteiger partial charge in [-0.05, 0) is 86.6 Å². The molecule has 218 valence electrons. The predicted molar refractivity (Wildman–Crippen MR) is 166 cm³/mol. The summed E-state index contributed by atoms with van der Waals surface area (Å²) in [6.45, 7) is 3.72. The summed E-state index contributed by atoms with van der Waals surface area (Å²) in [5.74, 6) is -0.787. The van der Waals surface area contributed by atoms with Gasteiger partial charge in [-0.1, -0.05) is 44.8 Å². The van der Waals surface area contributed by atoms with Gasteiger partial charge in [0.05, 0.1) is 20.9 Å². The number of rotatable bonds is 9. The number of anilines is 2. The fraction of sp³-hybridized carbons (Fsp3) is 0.0714. The van der Waals surface area contributed by atoms with Crippen molar-refractivity contribution < 1.29 is 26.4 Å². The molecule has 0 spiro atoms. The molecule has 0 aliphatic carbocycles. The van der Waals surface area contributed by atoms with Crippen molar-refractivity contribution in [2.24, 2.45) is 10.3 Å². The molecule has 0 fully saturated rings. The van der Waals surface area contributed by atoms with Crippen LogP contribution in [0.3, 0.4) is 0 Å². The molecule has 0 aromatic heterocycles. The topological polar surface area (TPSA) is 179 Å². The maximum absolute atomic E-state index is 13.2. The zero-order valence-corrected chi connectivity index (χ0v) is 25.6. The van der Waals surface area contributed by atoms with Crippen LogP contribution in [0.25, 0.3) is 0 Å². The van der Waals surface area contributed by atoms with Gasteiger partial charge in [-0.2, -0.15) is 0 Å². The standard InChI is InChI=1S/C28H26N4O6S4/c1-17-3-13-25(23(15-17)27(33)31-19-5-9-21(10-6-19)41(29,35)36)39-40-26-14-4-18(2)16-24(26)28(34)32-20-7-11-22(12-8-20)42(30,37)38/h3-16H,1-2H3,(H,31,33)(H,32,34)(H2,29,35,36)(H2,30,37,38). The fourth-order valence-corrected chi connectivity index (χ4v) is 7.08. The van der Waals surface area contributed by atoms with Crippen molar-refractivity contribution in [2.75, 3.05) is 10.6 Å². The minimum atomic E-state index is -3.86. The number of carbonyl (C=O) groups excluding carboxylic acids is 2. The van der Waals surface area contributed by atoms with Gasteiger partial charge in [0.15, 0.2) is 0 Å². The molecular formula is C28H26N4O6S4. The van der Waals surface area contributed by atoms with E-state index in [2.05, 4.69) is 10.6 Å². The summed E-state index contributed by atoms with van der Waals surface area (Å²) in [5, 5.41) is 15.8. The van der Waals surface area contributed by atoms with Crippen molar-refractivity contribution in [3.05, 3.63) is 107 Å². The number of aryl methyl sites for hydroxylation is 2. The summed E-state index contributed by atoms with van der Waals surface area (Å²) in [5.41, 5.74) is 3.32. The van der Waals surface area contributed by atoms with E-state index < -0.39 is 31.9 Å². The van der Waals surface area contributed by atoms with E-state index in [0.29, 0.717) is 32.3 Å². The molecule has 4 rings (SSSR count). The van der Waals surface area contributed by atoms with Crippen molar-refractivity contribution in [1.82, 2.24) is 0 Å². The number of sulfonamides is 2. The highest BCUT2D eigenvalue weighted by molar-refractivity contribution is 8.76. The Morgan fingerprint density at radius 2 is 0.905 bits per heavy atom. The van der Waals surface area contributed by atoms with Crippen LogP contribution in [0.1, 0.15) is 31.8 Å². The molecule has 0 atom stereocenters. The van der Waals surface area contributed by atoms with Crippen LogP contribution in [-0.4, -0.2) is 28.6 Å². The van der Waals surface area contributed by atoms with Gasteiger partial charge < -0.3 is 10.6 Å². The molecule has 10 nitrogen and oxygen atoms in total. The van der Waals surface area contributed by atoms with Gasteiger partial charge >= 0.3 is 0 Å². The van der Waals surface area contributed by atoms with E-state index in [1.165, 1.54) is 70.1 Å². The summed E-state index contributed by atoms with van der Waals surface area (Å²) in [4.78, 5) is 27.6. The highest BCUT2D eigenvalue weighted by Crippen LogP contribution is 2.41. The summed E-state index contributed by atoms with van der Waals surface area (Å²) in [7, 11) is -5.11. The SMILES string of the molecule is Cc1ccc(SSc2ccc(C)cc2C(=O)Nc2ccc(S(N)(=O)=O)cc2)c(C(=O)Nc2ccc(S(N)(=O)=O)cc2)c1. The van der Waals surface area contributed by atoms with Gasteiger partial charge in [0.25, 0.3) is 11.8 Å². The summed E-state index contributed by atoms with van der Waals surface area (Å²) in [6.07, 6.45) is 0. The van der Waals surface area contributed by atoms with Crippen LogP contribution in [0.5, 0.6) is 0 Å². The smallest absolute Gasteiger partial charge is 0.256 e. The lowest BCUT2D eigenvalue weighted by atomic mass is 10.1. The lowest BCUT2D eigenvalue weighted by Crippen LogP contribution is -2.15. The molecule has 6 N–H and O–H groups in total. The van der Waals surface area contributed by atoms with Crippen LogP contribution < -0.4 is 20.9 Å². The minimum Gasteiger partial charge on any atom is -0.322 e. The van der Waals surface area contributed by atoms with Crippen LogP contribution >= 0.6 is 21.6 Å². The Bertz CT molecular complexity index is 1740. The number of benzene rings is 4. The Morgan fingerprint density at radius 3 is 1.21 bits per heavy atom. The van der Waals surface area contributed by atoms with E-state index in [1.54, 1.807) is 12.1 Å². The summed E-state index contributed by atoms with van der Waals surface area (Å²) >= 11 is 0. The summed E-state index contributed by atoms with van der Waals surface area (Å²) < 4.78 is 46.1. The van der Waals surface area contributed by atoms with Gasteiger partial charge in [-0.3, -0.25) is 9.59 Å². The number of amides is 2. The Hall–Kier alpha value is -3.66. The van der Waals surface area contributed by atoms with E-state index in [4.69, 9.17) is 10.3 Å². The highest BCUT2D eigenvalue weighted by Gasteiger charge is 2.18. The lowest BCUT2D eigenvalue weighted by molar-refractivity contribution is 0.101. The molecule has 2 amide bonds. The third-order valence-electron chi connectivity index (χ3n) is 5.86. The van der Waals surface area contributed by atoms with E-state index in [1.807, 2.05) is 38.1 Å². The number of nitrogens with two attached hydrogens (primary N) is 2. The molecule has 0 saturated heterocycles. The number of carbonyl (C=O) groups is 2. The first-order chi connectivity index (χ1) is 19.7. The Labute approximate surface area is 251 Å². The number of primary sulfonamides is 2. The zero-order valence-electron chi connectivity index (χ0n) is 22.3. The van der Waals surface area contributed by atoms with Crippen molar-refractivity contribution in [3.63, 3.8) is 0 Å². The van der Waals surface area contributed by atoms with Gasteiger partial charge in [0, 0.05) is 21.2 Å². The molecule has 14 heteroatoms. The van der Waals surface area contributed by atoms with E-state index in [-0.39, 0.29) is 9.79 Å². The maximum atomic E-state index is 13.2. The Kier molecular flexibility index (Phi) is 9.45. The molecule has 0 aliphatic rings. The van der Waals surface area contributed by atoms with Crippen molar-refractivity contribution in [1.29, 1.82) is 0 Å². The largest absolute Gasteiger partial charge is 0.322 e. The Morgan fingerprint density at radius 1 is 0.571 bits per heavy atom. The van der Waals surface area contributed by atoms with Crippen LogP contribution in [0.2, 0.25) is 0 Å². The minimum absolute atomic E-state index is 0.0674. The first-order valence-electron chi connectivity index (χ1n) is 12.1. The fourth-order valence-electron chi connectivity index (χ4n) is 3.73. The third kappa shape index (κ3) is 8.00. The molecule has 0 saturated carbocycles. The van der Waals surface area contributed by atoms with Crippen LogP contribution in [0.4, 0.5) is 11.4 Å². The lowest BCUT2D eigenvalue weighted by Gasteiger charge is -2.13. The number of nitrogens with one attached hydrogen (secondary N) is 2. The third-order valence-corrected chi connectivity index (χ3v) is 10.2. The first-order valence-corrected chi connectivity index (χ1v) is 17.4. The molecule has 0 radical (unpaired) electrons. The summed E-state index contributed by atoms with van der Waals surface area (Å²) in [6, 6.07) is 21.9. The first kappa shape index (κ1) is 31.3. The van der Waals surface area contributed by atoms with Crippen LogP contribution in [0, 0.1) is 13.8 Å². The van der Waals surface area contributed by atoms with Crippen molar-refractivity contribution >= 4 is 64.8 Å². The van der Waals surface area contributed by atoms with Gasteiger partial charge in [0.1, 0.15) is 0 Å². The van der Waals surface area contributed by atoms with Crippen molar-refractivity contribution in [2.45, 2.75) is 33.4 Å². The molecule has 0 unspecified atom stereocenters. The van der Waals surface area contributed by atoms with E-state index in [0.717, 1.165) is 11.1 Å². The van der Waals surface area contributed by atoms with E-state index >= 15 is 0 Å². The van der Waals surface area contributed by atoms with Crippen molar-refractivity contribution in [3.8, 4) is 0 Å². The average molecular weight is 643 g/mol. The molecular weight excluding hydrogens is 617 g/mol. The van der Waals surface area contributed by atoms with Crippen LogP contribution in [0.15, 0.2) is 105 Å². The zero-order chi connectivity index (χ0) is 30.7. The quantitative estimate of drug-likeness (QED) is 0.186. The molecule has 0 heterocycles. The molecule has 42 heavy (non-hydrogen) atoms. The van der Waals surface area contributed by atoms with Gasteiger partial charge in [-0.25, -0.2) is 27.1 Å². The average Bonchev–Trinajstić information content (AvgIpc) is 2.92. The van der Waals surface area contributed by atoms with Gasteiger partial charge in [0.2, 0.25) is 20.0 Å². The second kappa shape index (κ2) is 12.7. The molecule has 0 bridgehead atoms. The molecule has 0 aliphatic heterocycles. The number of hydrogen-bond acceptors (Lipinski definition) is 8. The van der Waals surface area contributed by atoms with E-state index in [9.17, 15) is 26.4 Å². The Balaban J connectivity index is 1.52. The normalized spacial score (nSPS) is 11.6. The van der Waals surface area contributed by atoms with Crippen LogP contribution in [-0.2, 0) is 20.0 Å². The number of hydrogen-bond donors (Lipinski definition) is 4. The van der Waals surface area contributed by atoms with Gasteiger partial charge in [-0.15, -0.1) is 0 Å². The second-order valence-corrected chi connectivity index (χ2v) is 14.5. The molecule has 4 aromatic carbocycles. The monoisotopic (exact) mass is 642 g/mol. The maximum Gasteiger partial charge on any atom is 0.256 e. The molecule has 4 aromatic rings. The highest BCUT2D eigenvalue weighted by atomic mass is 33.1. The second-order valence-electron chi connectivity index (χ2n) is 9.21.